The minimum Gasteiger partial charge on any atom is -0.493 e. The summed E-state index contributed by atoms with van der Waals surface area (Å²) in [5.74, 6) is 1.44. The molecule has 1 aliphatic rings. The second-order valence-corrected chi connectivity index (χ2v) is 12.1. The normalized spacial score (nSPS) is 14.1. The molecule has 5 rings (SSSR count). The fourth-order valence-corrected chi connectivity index (χ4v) is 6.80. The van der Waals surface area contributed by atoms with Crippen molar-refractivity contribution in [2.24, 2.45) is 4.99 Å². The molecular formula is C35H32BrN3O7S. The molecule has 47 heavy (non-hydrogen) atoms. The number of halogens is 1. The molecule has 0 spiro atoms. The van der Waals surface area contributed by atoms with E-state index in [-0.39, 0.29) is 24.3 Å². The van der Waals surface area contributed by atoms with Crippen LogP contribution in [0.2, 0.25) is 0 Å². The van der Waals surface area contributed by atoms with Crippen LogP contribution < -0.4 is 33.8 Å². The number of nitrogens with zero attached hydrogens (tertiary/aromatic N) is 3. The Morgan fingerprint density at radius 3 is 2.43 bits per heavy atom. The average molecular weight is 719 g/mol. The Bertz CT molecular complexity index is 2080. The van der Waals surface area contributed by atoms with Crippen molar-refractivity contribution in [3.63, 3.8) is 0 Å². The van der Waals surface area contributed by atoms with Crippen molar-refractivity contribution < 1.29 is 28.5 Å². The summed E-state index contributed by atoms with van der Waals surface area (Å²) >= 11 is 4.81. The van der Waals surface area contributed by atoms with Crippen LogP contribution >= 0.6 is 27.3 Å². The summed E-state index contributed by atoms with van der Waals surface area (Å²) in [6.45, 7) is 6.17. The lowest BCUT2D eigenvalue weighted by molar-refractivity contribution is -0.139. The van der Waals surface area contributed by atoms with Crippen LogP contribution in [-0.4, -0.2) is 38.0 Å². The Kier molecular flexibility index (Phi) is 10.5. The number of methoxy groups -OCH3 is 2. The van der Waals surface area contributed by atoms with Crippen molar-refractivity contribution in [3.05, 3.63) is 112 Å². The molecule has 0 saturated heterocycles. The number of ether oxygens (including phenoxy) is 5. The largest absolute Gasteiger partial charge is 0.493 e. The molecule has 10 nitrogen and oxygen atoms in total. The highest BCUT2D eigenvalue weighted by Gasteiger charge is 2.34. The zero-order chi connectivity index (χ0) is 33.7. The van der Waals surface area contributed by atoms with Gasteiger partial charge in [-0.15, -0.1) is 0 Å². The first-order valence-corrected chi connectivity index (χ1v) is 16.3. The van der Waals surface area contributed by atoms with Gasteiger partial charge in [-0.3, -0.25) is 9.36 Å². The topological polar surface area (TPSA) is 121 Å². The van der Waals surface area contributed by atoms with E-state index in [0.29, 0.717) is 65.8 Å². The van der Waals surface area contributed by atoms with Gasteiger partial charge in [0.05, 0.1) is 65.4 Å². The summed E-state index contributed by atoms with van der Waals surface area (Å²) in [6, 6.07) is 17.4. The maximum Gasteiger partial charge on any atom is 0.338 e. The Hall–Kier alpha value is -4.86. The van der Waals surface area contributed by atoms with Gasteiger partial charge in [-0.2, -0.15) is 5.26 Å². The molecule has 0 aliphatic carbocycles. The third-order valence-electron chi connectivity index (χ3n) is 7.34. The molecule has 0 bridgehead atoms. The molecule has 0 amide bonds. The van der Waals surface area contributed by atoms with Gasteiger partial charge in [-0.25, -0.2) is 9.79 Å². The molecule has 0 unspecified atom stereocenters. The number of nitriles is 1. The number of carbonyl (C=O) groups is 1. The van der Waals surface area contributed by atoms with Crippen LogP contribution in [0.25, 0.3) is 6.08 Å². The molecule has 242 valence electrons. The van der Waals surface area contributed by atoms with Crippen LogP contribution in [0.15, 0.2) is 80.1 Å². The number of allylic oxidation sites excluding steroid dienone is 1. The van der Waals surface area contributed by atoms with Crippen LogP contribution in [-0.2, 0) is 16.1 Å². The maximum atomic E-state index is 14.1. The van der Waals surface area contributed by atoms with E-state index in [4.69, 9.17) is 28.9 Å². The molecule has 1 aliphatic heterocycles. The van der Waals surface area contributed by atoms with Gasteiger partial charge in [-0.05, 0) is 95.9 Å². The zero-order valence-electron chi connectivity index (χ0n) is 26.5. The molecule has 1 aromatic heterocycles. The Labute approximate surface area is 283 Å². The van der Waals surface area contributed by atoms with Crippen molar-refractivity contribution in [2.75, 3.05) is 27.4 Å². The van der Waals surface area contributed by atoms with E-state index in [1.165, 1.54) is 15.9 Å². The van der Waals surface area contributed by atoms with Crippen molar-refractivity contribution in [3.8, 4) is 29.1 Å². The fraction of sp³-hybridized carbons (Fsp3) is 0.257. The number of esters is 1. The molecule has 1 atom stereocenters. The SMILES string of the molecule is CCOC(=O)C1=C(C)N=c2s/c(=C/c3cc(Br)c(OCc4ccc(C#N)cc4)c(OC)c3)c(=O)n2[C@H]1c1ccc(OC)c(OCC)c1. The van der Waals surface area contributed by atoms with Gasteiger partial charge < -0.3 is 23.7 Å². The average Bonchev–Trinajstić information content (AvgIpc) is 3.37. The van der Waals surface area contributed by atoms with E-state index in [0.717, 1.165) is 5.56 Å². The van der Waals surface area contributed by atoms with E-state index in [2.05, 4.69) is 27.0 Å². The van der Waals surface area contributed by atoms with Crippen LogP contribution in [0.1, 0.15) is 49.1 Å². The van der Waals surface area contributed by atoms with E-state index in [1.807, 2.05) is 25.1 Å². The quantitative estimate of drug-likeness (QED) is 0.189. The van der Waals surface area contributed by atoms with Crippen LogP contribution in [0.5, 0.6) is 23.0 Å². The van der Waals surface area contributed by atoms with E-state index < -0.39 is 12.0 Å². The maximum absolute atomic E-state index is 14.1. The van der Waals surface area contributed by atoms with E-state index in [1.54, 1.807) is 70.5 Å². The second-order valence-electron chi connectivity index (χ2n) is 10.3. The molecule has 0 fully saturated rings. The lowest BCUT2D eigenvalue weighted by Gasteiger charge is -2.25. The number of hydrogen-bond donors (Lipinski definition) is 0. The molecule has 2 heterocycles. The minimum atomic E-state index is -0.808. The van der Waals surface area contributed by atoms with Crippen LogP contribution in [0.3, 0.4) is 0 Å². The van der Waals surface area contributed by atoms with Gasteiger partial charge in [0.25, 0.3) is 5.56 Å². The van der Waals surface area contributed by atoms with Crippen molar-refractivity contribution >= 4 is 39.3 Å². The lowest BCUT2D eigenvalue weighted by Crippen LogP contribution is -2.40. The summed E-state index contributed by atoms with van der Waals surface area (Å²) in [5, 5.41) is 9.05. The molecule has 0 radical (unpaired) electrons. The first-order valence-electron chi connectivity index (χ1n) is 14.7. The van der Waals surface area contributed by atoms with Gasteiger partial charge in [0.1, 0.15) is 6.61 Å². The highest BCUT2D eigenvalue weighted by atomic mass is 79.9. The van der Waals surface area contributed by atoms with Gasteiger partial charge in [0.15, 0.2) is 27.8 Å². The van der Waals surface area contributed by atoms with Gasteiger partial charge in [0.2, 0.25) is 0 Å². The standard InChI is InChI=1S/C35H32BrN3O7S/c1-6-44-27-17-24(12-13-26(27)42-4)31-30(34(41)45-7-2)20(3)38-35-39(31)33(40)29(47-35)16-23-14-25(36)32(28(15-23)43-5)46-19-22-10-8-21(18-37)9-11-22/h8-17,31H,6-7,19H2,1-5H3/b29-16+/t31-/m0/s1. The van der Waals surface area contributed by atoms with Crippen molar-refractivity contribution in [1.29, 1.82) is 5.26 Å². The van der Waals surface area contributed by atoms with Crippen LogP contribution in [0, 0.1) is 11.3 Å². The minimum absolute atomic E-state index is 0.170. The predicted octanol–water partition coefficient (Wildman–Crippen LogP) is 5.43. The molecule has 4 aromatic rings. The summed E-state index contributed by atoms with van der Waals surface area (Å²) in [5.41, 5.74) is 3.20. The van der Waals surface area contributed by atoms with Crippen molar-refractivity contribution in [2.45, 2.75) is 33.4 Å². The molecular weight excluding hydrogens is 686 g/mol. The Morgan fingerprint density at radius 1 is 1.02 bits per heavy atom. The number of rotatable bonds is 11. The van der Waals surface area contributed by atoms with Crippen LogP contribution in [0.4, 0.5) is 0 Å². The number of fused-ring (bicyclic) bond motifs is 1. The highest BCUT2D eigenvalue weighted by Crippen LogP contribution is 2.38. The number of thiazole rings is 1. The highest BCUT2D eigenvalue weighted by molar-refractivity contribution is 9.10. The predicted molar refractivity (Wildman–Crippen MR) is 181 cm³/mol. The smallest absolute Gasteiger partial charge is 0.338 e. The molecule has 12 heteroatoms. The summed E-state index contributed by atoms with van der Waals surface area (Å²) in [7, 11) is 3.09. The summed E-state index contributed by atoms with van der Waals surface area (Å²) in [4.78, 5) is 32.5. The van der Waals surface area contributed by atoms with E-state index in [9.17, 15) is 9.59 Å². The lowest BCUT2D eigenvalue weighted by atomic mass is 9.95. The number of aromatic nitrogens is 1. The molecule has 3 aromatic carbocycles. The van der Waals surface area contributed by atoms with Gasteiger partial charge in [0, 0.05) is 0 Å². The third-order valence-corrected chi connectivity index (χ3v) is 8.91. The number of benzene rings is 3. The molecule has 0 N–H and O–H groups in total. The number of carbonyl (C=O) groups excluding carboxylic acids is 1. The summed E-state index contributed by atoms with van der Waals surface area (Å²) in [6.07, 6.45) is 1.75. The van der Waals surface area contributed by atoms with Gasteiger partial charge >= 0.3 is 5.97 Å². The Balaban J connectivity index is 1.58. The first-order chi connectivity index (χ1) is 22.7. The Morgan fingerprint density at radius 2 is 1.77 bits per heavy atom. The fourth-order valence-electron chi connectivity index (χ4n) is 5.18. The second kappa shape index (κ2) is 14.7. The number of hydrogen-bond acceptors (Lipinski definition) is 10. The molecule has 0 saturated carbocycles. The zero-order valence-corrected chi connectivity index (χ0v) is 28.9. The first kappa shape index (κ1) is 33.5. The monoisotopic (exact) mass is 717 g/mol. The van der Waals surface area contributed by atoms with E-state index >= 15 is 0 Å². The van der Waals surface area contributed by atoms with Crippen molar-refractivity contribution in [1.82, 2.24) is 4.57 Å². The summed E-state index contributed by atoms with van der Waals surface area (Å²) < 4.78 is 31.0. The van der Waals surface area contributed by atoms with Gasteiger partial charge in [-0.1, -0.05) is 29.5 Å². The third kappa shape index (κ3) is 6.96.